The molecule has 1 fully saturated rings. The van der Waals surface area contributed by atoms with Crippen LogP contribution in [-0.4, -0.2) is 37.0 Å². The molecule has 24 heavy (non-hydrogen) atoms. The summed E-state index contributed by atoms with van der Waals surface area (Å²) in [5.74, 6) is 0.278. The minimum atomic E-state index is 0.0345. The van der Waals surface area contributed by atoms with Gasteiger partial charge in [0.2, 0.25) is 5.91 Å². The molecule has 1 aromatic rings. The third-order valence-electron chi connectivity index (χ3n) is 6.01. The average molecular weight is 329 g/mol. The van der Waals surface area contributed by atoms with Crippen LogP contribution in [0.25, 0.3) is 0 Å². The lowest BCUT2D eigenvalue weighted by molar-refractivity contribution is -0.136. The number of hydrogen-bond acceptors (Lipinski definition) is 3. The summed E-state index contributed by atoms with van der Waals surface area (Å²) in [6, 6.07) is 8.65. The molecule has 1 aromatic carbocycles. The molecular weight excluding hydrogens is 298 g/mol. The normalized spacial score (nSPS) is 23.5. The maximum absolute atomic E-state index is 13.2. The molecule has 1 saturated carbocycles. The van der Waals surface area contributed by atoms with E-state index in [4.69, 9.17) is 5.73 Å². The fraction of sp³-hybridized carbons (Fsp3) is 0.650. The number of anilines is 1. The quantitative estimate of drug-likeness (QED) is 0.927. The maximum Gasteiger partial charge on any atom is 0.223 e. The molecule has 2 N–H and O–H groups in total. The number of nitrogens with zero attached hydrogens (tertiary/aromatic N) is 2. The second-order valence-corrected chi connectivity index (χ2v) is 7.82. The van der Waals surface area contributed by atoms with Crippen LogP contribution in [0.5, 0.6) is 0 Å². The van der Waals surface area contributed by atoms with Gasteiger partial charge in [0.05, 0.1) is 0 Å². The van der Waals surface area contributed by atoms with Crippen LogP contribution in [0.2, 0.25) is 0 Å². The lowest BCUT2D eigenvalue weighted by Gasteiger charge is -2.38. The summed E-state index contributed by atoms with van der Waals surface area (Å²) in [5.41, 5.74) is 8.62. The van der Waals surface area contributed by atoms with Gasteiger partial charge >= 0.3 is 0 Å². The van der Waals surface area contributed by atoms with Crippen LogP contribution in [-0.2, 0) is 11.3 Å². The lowest BCUT2D eigenvalue weighted by Crippen LogP contribution is -2.45. The van der Waals surface area contributed by atoms with E-state index in [1.807, 2.05) is 0 Å². The van der Waals surface area contributed by atoms with Gasteiger partial charge in [-0.15, -0.1) is 0 Å². The molecule has 1 unspecified atom stereocenters. The van der Waals surface area contributed by atoms with Crippen LogP contribution < -0.4 is 10.6 Å². The van der Waals surface area contributed by atoms with Crippen LogP contribution >= 0.6 is 0 Å². The highest BCUT2D eigenvalue weighted by Gasteiger charge is 2.36. The fourth-order valence-electron chi connectivity index (χ4n) is 4.46. The number of carbonyl (C=O) groups excluding carboxylic acids is 1. The number of para-hydroxylation sites is 1. The standard InChI is InChI=1S/C20H31N3O/c1-16-13-22(2)18-9-5-4-8-17(18)14-23(16)19(24)12-20(15-21)10-6-3-7-11-20/h4-5,8-9,16H,3,6-7,10-15,21H2,1-2H3. The molecule has 0 bridgehead atoms. The number of carbonyl (C=O) groups is 1. The minimum absolute atomic E-state index is 0.0345. The number of likely N-dealkylation sites (N-methyl/N-ethyl adjacent to an activating group) is 1. The van der Waals surface area contributed by atoms with Gasteiger partial charge < -0.3 is 15.5 Å². The van der Waals surface area contributed by atoms with Crippen LogP contribution in [0.1, 0.15) is 51.0 Å². The van der Waals surface area contributed by atoms with E-state index in [1.165, 1.54) is 30.5 Å². The molecule has 3 rings (SSSR count). The van der Waals surface area contributed by atoms with Crippen molar-refractivity contribution in [2.24, 2.45) is 11.1 Å². The van der Waals surface area contributed by atoms with Gasteiger partial charge in [0.1, 0.15) is 0 Å². The van der Waals surface area contributed by atoms with E-state index in [2.05, 4.69) is 48.0 Å². The first-order valence-corrected chi connectivity index (χ1v) is 9.33. The van der Waals surface area contributed by atoms with Crippen molar-refractivity contribution in [3.8, 4) is 0 Å². The molecule has 0 saturated heterocycles. The topological polar surface area (TPSA) is 49.6 Å². The van der Waals surface area contributed by atoms with Gasteiger partial charge in [0, 0.05) is 38.3 Å². The second kappa shape index (κ2) is 7.14. The molecule has 4 heteroatoms. The molecule has 4 nitrogen and oxygen atoms in total. The molecule has 1 aliphatic carbocycles. The van der Waals surface area contributed by atoms with Crippen LogP contribution in [0.3, 0.4) is 0 Å². The summed E-state index contributed by atoms with van der Waals surface area (Å²) in [7, 11) is 2.12. The summed E-state index contributed by atoms with van der Waals surface area (Å²) in [6.45, 7) is 4.38. The van der Waals surface area contributed by atoms with Gasteiger partial charge in [-0.05, 0) is 43.4 Å². The third kappa shape index (κ3) is 3.44. The lowest BCUT2D eigenvalue weighted by atomic mass is 9.71. The average Bonchev–Trinajstić information content (AvgIpc) is 2.72. The monoisotopic (exact) mass is 329 g/mol. The van der Waals surface area contributed by atoms with E-state index < -0.39 is 0 Å². The summed E-state index contributed by atoms with van der Waals surface area (Å²) in [6.07, 6.45) is 6.53. The van der Waals surface area contributed by atoms with Crippen LogP contribution in [0, 0.1) is 5.41 Å². The van der Waals surface area contributed by atoms with E-state index in [-0.39, 0.29) is 17.4 Å². The first-order valence-electron chi connectivity index (χ1n) is 9.33. The Hall–Kier alpha value is -1.55. The third-order valence-corrected chi connectivity index (χ3v) is 6.01. The smallest absolute Gasteiger partial charge is 0.223 e. The molecule has 132 valence electrons. The SMILES string of the molecule is CC1CN(C)c2ccccc2CN1C(=O)CC1(CN)CCCCC1. The number of hydrogen-bond donors (Lipinski definition) is 1. The minimum Gasteiger partial charge on any atom is -0.372 e. The van der Waals surface area contributed by atoms with Gasteiger partial charge in [0.15, 0.2) is 0 Å². The molecule has 1 amide bonds. The number of fused-ring (bicyclic) bond motifs is 1. The van der Waals surface area contributed by atoms with Crippen molar-refractivity contribution < 1.29 is 4.79 Å². The second-order valence-electron chi connectivity index (χ2n) is 7.82. The highest BCUT2D eigenvalue weighted by atomic mass is 16.2. The summed E-state index contributed by atoms with van der Waals surface area (Å²) in [5, 5.41) is 0. The van der Waals surface area contributed by atoms with Gasteiger partial charge in [-0.1, -0.05) is 37.5 Å². The number of benzene rings is 1. The largest absolute Gasteiger partial charge is 0.372 e. The molecule has 0 radical (unpaired) electrons. The van der Waals surface area contributed by atoms with E-state index in [0.717, 1.165) is 19.4 Å². The Labute approximate surface area is 146 Å². The van der Waals surface area contributed by atoms with Crippen molar-refractivity contribution in [2.45, 2.75) is 58.0 Å². The molecule has 1 heterocycles. The van der Waals surface area contributed by atoms with Gasteiger partial charge in [-0.3, -0.25) is 4.79 Å². The Kier molecular flexibility index (Phi) is 5.14. The number of amides is 1. The summed E-state index contributed by atoms with van der Waals surface area (Å²) >= 11 is 0. The zero-order valence-electron chi connectivity index (χ0n) is 15.1. The van der Waals surface area contributed by atoms with Gasteiger partial charge in [-0.2, -0.15) is 0 Å². The summed E-state index contributed by atoms with van der Waals surface area (Å²) in [4.78, 5) is 17.5. The Morgan fingerprint density at radius 3 is 2.67 bits per heavy atom. The first-order chi connectivity index (χ1) is 11.5. The zero-order valence-corrected chi connectivity index (χ0v) is 15.1. The molecule has 1 atom stereocenters. The summed E-state index contributed by atoms with van der Waals surface area (Å²) < 4.78 is 0. The van der Waals surface area contributed by atoms with E-state index in [0.29, 0.717) is 19.5 Å². The van der Waals surface area contributed by atoms with Crippen molar-refractivity contribution in [3.63, 3.8) is 0 Å². The van der Waals surface area contributed by atoms with Crippen molar-refractivity contribution >= 4 is 11.6 Å². The Morgan fingerprint density at radius 2 is 1.96 bits per heavy atom. The van der Waals surface area contributed by atoms with Crippen LogP contribution in [0.15, 0.2) is 24.3 Å². The maximum atomic E-state index is 13.2. The van der Waals surface area contributed by atoms with Crippen molar-refractivity contribution in [1.82, 2.24) is 4.90 Å². The molecule has 0 aromatic heterocycles. The predicted molar refractivity (Wildman–Crippen MR) is 98.9 cm³/mol. The number of rotatable bonds is 3. The molecule has 1 aliphatic heterocycles. The first kappa shape index (κ1) is 17.3. The van der Waals surface area contributed by atoms with Crippen molar-refractivity contribution in [1.29, 1.82) is 0 Å². The van der Waals surface area contributed by atoms with E-state index >= 15 is 0 Å². The molecule has 2 aliphatic rings. The highest BCUT2D eigenvalue weighted by molar-refractivity contribution is 5.78. The van der Waals surface area contributed by atoms with E-state index in [1.54, 1.807) is 0 Å². The van der Waals surface area contributed by atoms with E-state index in [9.17, 15) is 4.79 Å². The van der Waals surface area contributed by atoms with Crippen molar-refractivity contribution in [2.75, 3.05) is 25.0 Å². The zero-order chi connectivity index (χ0) is 17.2. The van der Waals surface area contributed by atoms with Crippen LogP contribution in [0.4, 0.5) is 5.69 Å². The Morgan fingerprint density at radius 1 is 1.25 bits per heavy atom. The molecular formula is C20H31N3O. The fourth-order valence-corrected chi connectivity index (χ4v) is 4.46. The van der Waals surface area contributed by atoms with Gasteiger partial charge in [-0.25, -0.2) is 0 Å². The number of nitrogens with two attached hydrogens (primary N) is 1. The van der Waals surface area contributed by atoms with Gasteiger partial charge in [0.25, 0.3) is 0 Å². The predicted octanol–water partition coefficient (Wildman–Crippen LogP) is 3.15. The Balaban J connectivity index is 1.79. The Bertz CT molecular complexity index is 580. The highest BCUT2D eigenvalue weighted by Crippen LogP contribution is 2.39. The molecule has 0 spiro atoms. The van der Waals surface area contributed by atoms with Crippen molar-refractivity contribution in [3.05, 3.63) is 29.8 Å².